The quantitative estimate of drug-likeness (QED) is 0.606. The number of rotatable bonds is 7. The number of anilines is 1. The van der Waals surface area contributed by atoms with E-state index < -0.39 is 0 Å². The summed E-state index contributed by atoms with van der Waals surface area (Å²) in [6.07, 6.45) is 4.13. The van der Waals surface area contributed by atoms with Gasteiger partial charge in [-0.3, -0.25) is 4.79 Å². The molecule has 4 heteroatoms. The highest BCUT2D eigenvalue weighted by molar-refractivity contribution is 6.05. The van der Waals surface area contributed by atoms with Gasteiger partial charge in [-0.2, -0.15) is 0 Å². The number of hydrogen-bond acceptors (Lipinski definition) is 4. The van der Waals surface area contributed by atoms with Crippen molar-refractivity contribution in [2.75, 3.05) is 19.5 Å². The number of benzene rings is 2. The number of carbonyl (C=O) groups excluding carboxylic acids is 1. The largest absolute Gasteiger partial charge is 0.493 e. The summed E-state index contributed by atoms with van der Waals surface area (Å²) < 4.78 is 10.4. The monoisotopic (exact) mass is 325 g/mol. The third-order valence-corrected chi connectivity index (χ3v) is 3.87. The molecule has 0 saturated carbocycles. The first-order valence-corrected chi connectivity index (χ1v) is 7.88. The summed E-state index contributed by atoms with van der Waals surface area (Å²) in [5, 5.41) is 3.23. The SMILES string of the molecule is CCc1cccc(C)c1NC=CC(=O)c1ccc(OC)c(OC)c1. The molecule has 24 heavy (non-hydrogen) atoms. The van der Waals surface area contributed by atoms with Crippen molar-refractivity contribution >= 4 is 11.5 Å². The van der Waals surface area contributed by atoms with Crippen molar-refractivity contribution in [2.24, 2.45) is 0 Å². The number of methoxy groups -OCH3 is 2. The Morgan fingerprint density at radius 1 is 1.12 bits per heavy atom. The number of allylic oxidation sites excluding steroid dienone is 1. The summed E-state index contributed by atoms with van der Waals surface area (Å²) in [5.41, 5.74) is 3.97. The molecule has 0 aliphatic heterocycles. The van der Waals surface area contributed by atoms with Crippen molar-refractivity contribution in [1.82, 2.24) is 0 Å². The van der Waals surface area contributed by atoms with Crippen molar-refractivity contribution in [3.63, 3.8) is 0 Å². The molecule has 0 bridgehead atoms. The molecule has 0 atom stereocenters. The molecule has 0 heterocycles. The third kappa shape index (κ3) is 3.96. The lowest BCUT2D eigenvalue weighted by Crippen LogP contribution is -2.00. The lowest BCUT2D eigenvalue weighted by Gasteiger charge is -2.11. The van der Waals surface area contributed by atoms with Crippen LogP contribution >= 0.6 is 0 Å². The lowest BCUT2D eigenvalue weighted by molar-refractivity contribution is 0.104. The van der Waals surface area contributed by atoms with Crippen LogP contribution in [0.15, 0.2) is 48.7 Å². The molecule has 0 aliphatic carbocycles. The van der Waals surface area contributed by atoms with Gasteiger partial charge in [0.05, 0.1) is 14.2 Å². The van der Waals surface area contributed by atoms with Crippen LogP contribution in [0.5, 0.6) is 11.5 Å². The van der Waals surface area contributed by atoms with E-state index in [1.807, 2.05) is 19.1 Å². The van der Waals surface area contributed by atoms with Crippen LogP contribution in [-0.2, 0) is 6.42 Å². The van der Waals surface area contributed by atoms with E-state index in [1.165, 1.54) is 11.6 Å². The third-order valence-electron chi connectivity index (χ3n) is 3.87. The number of ketones is 1. The topological polar surface area (TPSA) is 47.6 Å². The molecule has 0 amide bonds. The van der Waals surface area contributed by atoms with Crippen LogP contribution < -0.4 is 14.8 Å². The highest BCUT2D eigenvalue weighted by atomic mass is 16.5. The van der Waals surface area contributed by atoms with Crippen molar-refractivity contribution in [3.05, 3.63) is 65.4 Å². The van der Waals surface area contributed by atoms with Crippen LogP contribution in [0, 0.1) is 6.92 Å². The van der Waals surface area contributed by atoms with E-state index in [0.29, 0.717) is 17.1 Å². The van der Waals surface area contributed by atoms with Gasteiger partial charge in [0.15, 0.2) is 17.3 Å². The maximum Gasteiger partial charge on any atom is 0.187 e. The van der Waals surface area contributed by atoms with Gasteiger partial charge in [-0.15, -0.1) is 0 Å². The number of aryl methyl sites for hydroxylation is 2. The Morgan fingerprint density at radius 2 is 1.88 bits per heavy atom. The molecular formula is C20H23NO3. The standard InChI is InChI=1S/C20H23NO3/c1-5-15-8-6-7-14(2)20(15)21-12-11-17(22)16-9-10-18(23-3)19(13-16)24-4/h6-13,21H,5H2,1-4H3. The zero-order chi connectivity index (χ0) is 17.5. The first kappa shape index (κ1) is 17.6. The minimum atomic E-state index is -0.102. The number of nitrogens with one attached hydrogen (secondary N) is 1. The van der Waals surface area contributed by atoms with Gasteiger partial charge in [-0.05, 0) is 42.7 Å². The number of hydrogen-bond donors (Lipinski definition) is 1. The summed E-state index contributed by atoms with van der Waals surface area (Å²) >= 11 is 0. The zero-order valence-electron chi connectivity index (χ0n) is 14.6. The van der Waals surface area contributed by atoms with Gasteiger partial charge in [0.2, 0.25) is 0 Å². The summed E-state index contributed by atoms with van der Waals surface area (Å²) in [7, 11) is 3.12. The fourth-order valence-corrected chi connectivity index (χ4v) is 2.52. The van der Waals surface area contributed by atoms with Gasteiger partial charge in [0.1, 0.15) is 0 Å². The zero-order valence-corrected chi connectivity index (χ0v) is 14.6. The molecule has 0 aliphatic rings. The number of ether oxygens (including phenoxy) is 2. The normalized spacial score (nSPS) is 10.7. The Kier molecular flexibility index (Phi) is 6.01. The smallest absolute Gasteiger partial charge is 0.187 e. The predicted molar refractivity (Wildman–Crippen MR) is 97.2 cm³/mol. The lowest BCUT2D eigenvalue weighted by atomic mass is 10.1. The molecule has 0 fully saturated rings. The summed E-state index contributed by atoms with van der Waals surface area (Å²) in [6.45, 7) is 4.16. The molecule has 0 unspecified atom stereocenters. The van der Waals surface area contributed by atoms with Gasteiger partial charge in [0.25, 0.3) is 0 Å². The summed E-state index contributed by atoms with van der Waals surface area (Å²) in [6, 6.07) is 11.3. The highest BCUT2D eigenvalue weighted by Crippen LogP contribution is 2.28. The van der Waals surface area contributed by atoms with Gasteiger partial charge in [0, 0.05) is 23.5 Å². The van der Waals surface area contributed by atoms with Crippen LogP contribution in [0.3, 0.4) is 0 Å². The summed E-state index contributed by atoms with van der Waals surface area (Å²) in [4.78, 5) is 12.3. The fourth-order valence-electron chi connectivity index (χ4n) is 2.52. The molecule has 0 radical (unpaired) electrons. The van der Waals surface area contributed by atoms with Crippen molar-refractivity contribution in [3.8, 4) is 11.5 Å². The Hall–Kier alpha value is -2.75. The average Bonchev–Trinajstić information content (AvgIpc) is 2.62. The van der Waals surface area contributed by atoms with Crippen LogP contribution in [0.1, 0.15) is 28.4 Å². The van der Waals surface area contributed by atoms with Crippen molar-refractivity contribution < 1.29 is 14.3 Å². The van der Waals surface area contributed by atoms with E-state index in [-0.39, 0.29) is 5.78 Å². The molecule has 2 aromatic carbocycles. The maximum atomic E-state index is 12.3. The minimum Gasteiger partial charge on any atom is -0.493 e. The Balaban J connectivity index is 2.14. The van der Waals surface area contributed by atoms with Crippen molar-refractivity contribution in [2.45, 2.75) is 20.3 Å². The molecule has 0 aromatic heterocycles. The second kappa shape index (κ2) is 8.20. The fraction of sp³-hybridized carbons (Fsp3) is 0.250. The van der Waals surface area contributed by atoms with E-state index in [9.17, 15) is 4.79 Å². The molecule has 126 valence electrons. The van der Waals surface area contributed by atoms with Gasteiger partial charge >= 0.3 is 0 Å². The van der Waals surface area contributed by atoms with Gasteiger partial charge in [-0.25, -0.2) is 0 Å². The molecule has 0 saturated heterocycles. The van der Waals surface area contributed by atoms with Crippen LogP contribution in [0.2, 0.25) is 0 Å². The second-order valence-electron chi connectivity index (χ2n) is 5.37. The minimum absolute atomic E-state index is 0.102. The van der Waals surface area contributed by atoms with E-state index in [0.717, 1.165) is 17.7 Å². The van der Waals surface area contributed by atoms with E-state index in [1.54, 1.807) is 38.6 Å². The van der Waals surface area contributed by atoms with Crippen LogP contribution in [-0.4, -0.2) is 20.0 Å². The van der Waals surface area contributed by atoms with Crippen molar-refractivity contribution in [1.29, 1.82) is 0 Å². The van der Waals surface area contributed by atoms with Gasteiger partial charge in [-0.1, -0.05) is 25.1 Å². The first-order chi connectivity index (χ1) is 11.6. The highest BCUT2D eigenvalue weighted by Gasteiger charge is 2.08. The number of para-hydroxylation sites is 1. The molecule has 0 spiro atoms. The summed E-state index contributed by atoms with van der Waals surface area (Å²) in [5.74, 6) is 1.04. The van der Waals surface area contributed by atoms with E-state index in [2.05, 4.69) is 18.3 Å². The second-order valence-corrected chi connectivity index (χ2v) is 5.37. The molecule has 4 nitrogen and oxygen atoms in total. The molecule has 2 rings (SSSR count). The molecule has 1 N–H and O–H groups in total. The Labute approximate surface area is 143 Å². The molecular weight excluding hydrogens is 302 g/mol. The number of carbonyl (C=O) groups is 1. The van der Waals surface area contributed by atoms with E-state index in [4.69, 9.17) is 9.47 Å². The maximum absolute atomic E-state index is 12.3. The van der Waals surface area contributed by atoms with Gasteiger partial charge < -0.3 is 14.8 Å². The van der Waals surface area contributed by atoms with E-state index >= 15 is 0 Å². The first-order valence-electron chi connectivity index (χ1n) is 7.88. The predicted octanol–water partition coefficient (Wildman–Crippen LogP) is 4.38. The molecule has 2 aromatic rings. The Morgan fingerprint density at radius 3 is 2.54 bits per heavy atom. The van der Waals surface area contributed by atoms with Crippen LogP contribution in [0.25, 0.3) is 0 Å². The van der Waals surface area contributed by atoms with Crippen LogP contribution in [0.4, 0.5) is 5.69 Å². The average molecular weight is 325 g/mol. The Bertz CT molecular complexity index is 751.